The lowest BCUT2D eigenvalue weighted by atomic mass is 10.0. The van der Waals surface area contributed by atoms with Gasteiger partial charge in [-0.15, -0.1) is 0 Å². The van der Waals surface area contributed by atoms with Gasteiger partial charge in [-0.3, -0.25) is 0 Å². The topological polar surface area (TPSA) is 32.3 Å². The van der Waals surface area contributed by atoms with Gasteiger partial charge in [-0.2, -0.15) is 0 Å². The van der Waals surface area contributed by atoms with Gasteiger partial charge in [-0.05, 0) is 37.0 Å². The number of hydrogen-bond donors (Lipinski definition) is 2. The van der Waals surface area contributed by atoms with Crippen molar-refractivity contribution < 1.29 is 9.50 Å². The van der Waals surface area contributed by atoms with Crippen LogP contribution in [0.15, 0.2) is 24.3 Å². The molecule has 2 N–H and O–H groups in total. The molecule has 1 aromatic carbocycles. The Morgan fingerprint density at radius 1 is 1.18 bits per heavy atom. The van der Waals surface area contributed by atoms with Gasteiger partial charge in [-0.1, -0.05) is 26.0 Å². The van der Waals surface area contributed by atoms with Gasteiger partial charge in [0.05, 0.1) is 0 Å². The largest absolute Gasteiger partial charge is 0.396 e. The SMILES string of the molecule is CCC(CCO)NC(CC)c1ccc(F)cc1. The standard InChI is InChI=1S/C14H22FNO/c1-3-13(9-10-17)16-14(4-2)11-5-7-12(15)8-6-11/h5-8,13-14,16-17H,3-4,9-10H2,1-2H3. The molecule has 1 aromatic rings. The molecule has 1 rings (SSSR count). The van der Waals surface area contributed by atoms with Gasteiger partial charge in [0.25, 0.3) is 0 Å². The summed E-state index contributed by atoms with van der Waals surface area (Å²) in [5.41, 5.74) is 1.10. The van der Waals surface area contributed by atoms with Crippen LogP contribution in [0.1, 0.15) is 44.7 Å². The van der Waals surface area contributed by atoms with Crippen molar-refractivity contribution in [3.8, 4) is 0 Å². The van der Waals surface area contributed by atoms with E-state index in [9.17, 15) is 4.39 Å². The molecule has 0 saturated carbocycles. The molecule has 0 bridgehead atoms. The van der Waals surface area contributed by atoms with E-state index in [1.165, 1.54) is 12.1 Å². The lowest BCUT2D eigenvalue weighted by Gasteiger charge is -2.24. The fraction of sp³-hybridized carbons (Fsp3) is 0.571. The first-order valence-corrected chi connectivity index (χ1v) is 6.33. The smallest absolute Gasteiger partial charge is 0.123 e. The Morgan fingerprint density at radius 2 is 1.82 bits per heavy atom. The van der Waals surface area contributed by atoms with Crippen LogP contribution < -0.4 is 5.32 Å². The number of benzene rings is 1. The quantitative estimate of drug-likeness (QED) is 0.766. The third kappa shape index (κ3) is 4.44. The first-order chi connectivity index (χ1) is 8.21. The molecular formula is C14H22FNO. The van der Waals surface area contributed by atoms with Gasteiger partial charge in [0.15, 0.2) is 0 Å². The van der Waals surface area contributed by atoms with E-state index in [2.05, 4.69) is 19.2 Å². The summed E-state index contributed by atoms with van der Waals surface area (Å²) in [4.78, 5) is 0. The highest BCUT2D eigenvalue weighted by Gasteiger charge is 2.13. The van der Waals surface area contributed by atoms with Crippen LogP contribution in [0.5, 0.6) is 0 Å². The Kier molecular flexibility index (Phi) is 6.16. The molecule has 0 saturated heterocycles. The molecular weight excluding hydrogens is 217 g/mol. The Morgan fingerprint density at radius 3 is 2.29 bits per heavy atom. The summed E-state index contributed by atoms with van der Waals surface area (Å²) >= 11 is 0. The fourth-order valence-corrected chi connectivity index (χ4v) is 1.99. The van der Waals surface area contributed by atoms with Crippen LogP contribution in [0, 0.1) is 5.82 Å². The molecule has 0 fully saturated rings. The minimum Gasteiger partial charge on any atom is -0.396 e. The van der Waals surface area contributed by atoms with E-state index in [1.54, 1.807) is 0 Å². The van der Waals surface area contributed by atoms with Gasteiger partial charge in [0.2, 0.25) is 0 Å². The number of aliphatic hydroxyl groups is 1. The van der Waals surface area contributed by atoms with Crippen molar-refractivity contribution in [1.82, 2.24) is 5.32 Å². The van der Waals surface area contributed by atoms with E-state index in [-0.39, 0.29) is 18.5 Å². The molecule has 0 spiro atoms. The fourth-order valence-electron chi connectivity index (χ4n) is 1.99. The Bertz CT molecular complexity index is 313. The zero-order valence-electron chi connectivity index (χ0n) is 10.6. The van der Waals surface area contributed by atoms with Crippen LogP contribution >= 0.6 is 0 Å². The van der Waals surface area contributed by atoms with Crippen molar-refractivity contribution in [2.24, 2.45) is 0 Å². The zero-order chi connectivity index (χ0) is 12.7. The van der Waals surface area contributed by atoms with Crippen LogP contribution in [0.2, 0.25) is 0 Å². The second-order valence-corrected chi connectivity index (χ2v) is 4.30. The van der Waals surface area contributed by atoms with Crippen molar-refractivity contribution in [1.29, 1.82) is 0 Å². The van der Waals surface area contributed by atoms with Gasteiger partial charge in [0.1, 0.15) is 5.82 Å². The molecule has 96 valence electrons. The molecule has 0 radical (unpaired) electrons. The average Bonchev–Trinajstić information content (AvgIpc) is 2.36. The molecule has 2 nitrogen and oxygen atoms in total. The maximum Gasteiger partial charge on any atom is 0.123 e. The maximum absolute atomic E-state index is 12.9. The predicted octanol–water partition coefficient (Wildman–Crippen LogP) is 3.03. The van der Waals surface area contributed by atoms with E-state index in [4.69, 9.17) is 5.11 Å². The summed E-state index contributed by atoms with van der Waals surface area (Å²) in [6.45, 7) is 4.41. The molecule has 0 aromatic heterocycles. The van der Waals surface area contributed by atoms with Crippen LogP contribution in [0.3, 0.4) is 0 Å². The van der Waals surface area contributed by atoms with Crippen LogP contribution in [0.25, 0.3) is 0 Å². The summed E-state index contributed by atoms with van der Waals surface area (Å²) in [6.07, 6.45) is 2.69. The van der Waals surface area contributed by atoms with Gasteiger partial charge < -0.3 is 10.4 Å². The normalized spacial score (nSPS) is 14.6. The molecule has 2 atom stereocenters. The Balaban J connectivity index is 2.67. The van der Waals surface area contributed by atoms with Crippen molar-refractivity contribution in [3.05, 3.63) is 35.6 Å². The number of nitrogens with one attached hydrogen (secondary N) is 1. The monoisotopic (exact) mass is 239 g/mol. The minimum absolute atomic E-state index is 0.200. The maximum atomic E-state index is 12.9. The van der Waals surface area contributed by atoms with Gasteiger partial charge in [0, 0.05) is 18.7 Å². The lowest BCUT2D eigenvalue weighted by Crippen LogP contribution is -2.33. The van der Waals surface area contributed by atoms with Crippen LogP contribution in [-0.4, -0.2) is 17.8 Å². The molecule has 0 aliphatic rings. The highest BCUT2D eigenvalue weighted by Crippen LogP contribution is 2.18. The van der Waals surface area contributed by atoms with Crippen LogP contribution in [0.4, 0.5) is 4.39 Å². The molecule has 3 heteroatoms. The molecule has 0 amide bonds. The van der Waals surface area contributed by atoms with Crippen molar-refractivity contribution in [2.75, 3.05) is 6.61 Å². The molecule has 0 aliphatic heterocycles. The number of hydrogen-bond acceptors (Lipinski definition) is 2. The third-order valence-corrected chi connectivity index (χ3v) is 3.09. The van der Waals surface area contributed by atoms with E-state index in [1.807, 2.05) is 12.1 Å². The van der Waals surface area contributed by atoms with Crippen molar-refractivity contribution in [3.63, 3.8) is 0 Å². The summed E-state index contributed by atoms with van der Waals surface area (Å²) in [6, 6.07) is 7.17. The summed E-state index contributed by atoms with van der Waals surface area (Å²) in [5, 5.41) is 12.5. The number of aliphatic hydroxyl groups excluding tert-OH is 1. The summed E-state index contributed by atoms with van der Waals surface area (Å²) in [5.74, 6) is -0.203. The highest BCUT2D eigenvalue weighted by molar-refractivity contribution is 5.19. The highest BCUT2D eigenvalue weighted by atomic mass is 19.1. The molecule has 0 aliphatic carbocycles. The van der Waals surface area contributed by atoms with Crippen molar-refractivity contribution >= 4 is 0 Å². The summed E-state index contributed by atoms with van der Waals surface area (Å²) in [7, 11) is 0. The Hall–Kier alpha value is -0.930. The van der Waals surface area contributed by atoms with E-state index in [0.29, 0.717) is 6.04 Å². The average molecular weight is 239 g/mol. The molecule has 17 heavy (non-hydrogen) atoms. The molecule has 2 unspecified atom stereocenters. The third-order valence-electron chi connectivity index (χ3n) is 3.09. The van der Waals surface area contributed by atoms with Gasteiger partial charge in [-0.25, -0.2) is 4.39 Å². The molecule has 0 heterocycles. The van der Waals surface area contributed by atoms with E-state index in [0.717, 1.165) is 24.8 Å². The minimum atomic E-state index is -0.203. The first-order valence-electron chi connectivity index (χ1n) is 6.33. The predicted molar refractivity (Wildman–Crippen MR) is 68.3 cm³/mol. The first kappa shape index (κ1) is 14.1. The second kappa shape index (κ2) is 7.41. The Labute approximate surface area is 103 Å². The number of rotatable bonds is 7. The van der Waals surface area contributed by atoms with Gasteiger partial charge >= 0.3 is 0 Å². The van der Waals surface area contributed by atoms with E-state index < -0.39 is 0 Å². The van der Waals surface area contributed by atoms with Crippen molar-refractivity contribution in [2.45, 2.75) is 45.2 Å². The van der Waals surface area contributed by atoms with Crippen LogP contribution in [-0.2, 0) is 0 Å². The summed E-state index contributed by atoms with van der Waals surface area (Å²) < 4.78 is 12.9. The zero-order valence-corrected chi connectivity index (χ0v) is 10.6. The number of halogens is 1. The lowest BCUT2D eigenvalue weighted by molar-refractivity contribution is 0.254. The second-order valence-electron chi connectivity index (χ2n) is 4.30. The van der Waals surface area contributed by atoms with E-state index >= 15 is 0 Å².